The second-order valence-electron chi connectivity index (χ2n) is 8.11. The first kappa shape index (κ1) is 31.0. The SMILES string of the molecule is Cc1cnc(CN(C)CC2CCN(Cc3ccco3)CC2)[nH]1.O=C(O)C(F)(F)F.O=C(O)C(F)(F)F. The Kier molecular flexibility index (Phi) is 11.9. The van der Waals surface area contributed by atoms with Crippen LogP contribution in [0.3, 0.4) is 0 Å². The summed E-state index contributed by atoms with van der Waals surface area (Å²) in [6, 6.07) is 4.03. The number of furan rings is 1. The third-order valence-corrected chi connectivity index (χ3v) is 4.90. The quantitative estimate of drug-likeness (QED) is 0.481. The van der Waals surface area contributed by atoms with Crippen LogP contribution in [-0.2, 0) is 22.7 Å². The number of aromatic nitrogens is 2. The van der Waals surface area contributed by atoms with Crippen LogP contribution in [0.4, 0.5) is 26.3 Å². The number of H-pyrrole nitrogens is 1. The molecule has 3 N–H and O–H groups in total. The van der Waals surface area contributed by atoms with Gasteiger partial charge in [0.05, 0.1) is 19.4 Å². The summed E-state index contributed by atoms with van der Waals surface area (Å²) >= 11 is 0. The number of hydrogen-bond acceptors (Lipinski definition) is 6. The lowest BCUT2D eigenvalue weighted by molar-refractivity contribution is -0.193. The standard InChI is InChI=1S/C17H26N4O.2C2HF3O2/c1-14-10-18-17(19-14)13-20(2)11-15-5-7-21(8-6-15)12-16-4-3-9-22-16;2*3-2(4,5)1(6)7/h3-4,9-10,15H,5-8,11-13H2,1-2H3,(H,18,19);2*(H,6,7). The molecule has 0 spiro atoms. The maximum atomic E-state index is 10.6. The maximum absolute atomic E-state index is 10.6. The van der Waals surface area contributed by atoms with E-state index in [0.717, 1.165) is 42.8 Å². The Morgan fingerprint density at radius 1 is 1.14 bits per heavy atom. The van der Waals surface area contributed by atoms with Crippen LogP contribution in [-0.4, -0.2) is 81.0 Å². The van der Waals surface area contributed by atoms with Gasteiger partial charge < -0.3 is 19.6 Å². The van der Waals surface area contributed by atoms with Gasteiger partial charge >= 0.3 is 24.3 Å². The zero-order valence-corrected chi connectivity index (χ0v) is 19.6. The van der Waals surface area contributed by atoms with Crippen LogP contribution in [0.1, 0.15) is 30.1 Å². The maximum Gasteiger partial charge on any atom is 0.490 e. The van der Waals surface area contributed by atoms with E-state index in [0.29, 0.717) is 0 Å². The summed E-state index contributed by atoms with van der Waals surface area (Å²) in [5.74, 6) is -2.59. The Bertz CT molecular complexity index is 898. The highest BCUT2D eigenvalue weighted by atomic mass is 19.4. The van der Waals surface area contributed by atoms with E-state index >= 15 is 0 Å². The third-order valence-electron chi connectivity index (χ3n) is 4.90. The summed E-state index contributed by atoms with van der Waals surface area (Å²) in [6.45, 7) is 7.37. The Balaban J connectivity index is 0.000000383. The summed E-state index contributed by atoms with van der Waals surface area (Å²) in [6.07, 6.45) is -3.98. The van der Waals surface area contributed by atoms with E-state index in [9.17, 15) is 26.3 Å². The van der Waals surface area contributed by atoms with Crippen molar-refractivity contribution in [3.05, 3.63) is 41.9 Å². The van der Waals surface area contributed by atoms with E-state index in [-0.39, 0.29) is 0 Å². The lowest BCUT2D eigenvalue weighted by atomic mass is 9.96. The number of imidazole rings is 1. The number of rotatable bonds is 6. The van der Waals surface area contributed by atoms with Crippen molar-refractivity contribution >= 4 is 11.9 Å². The monoisotopic (exact) mass is 530 g/mol. The van der Waals surface area contributed by atoms with Crippen molar-refractivity contribution in [2.75, 3.05) is 26.7 Å². The van der Waals surface area contributed by atoms with Gasteiger partial charge in [0, 0.05) is 18.4 Å². The third kappa shape index (κ3) is 12.6. The molecule has 0 aliphatic carbocycles. The molecule has 1 saturated heterocycles. The molecule has 0 bridgehead atoms. The minimum Gasteiger partial charge on any atom is -0.475 e. The number of alkyl halides is 6. The molecule has 36 heavy (non-hydrogen) atoms. The number of likely N-dealkylation sites (tertiary alicyclic amines) is 1. The Morgan fingerprint density at radius 2 is 1.67 bits per heavy atom. The summed E-state index contributed by atoms with van der Waals surface area (Å²) in [4.78, 5) is 30.4. The van der Waals surface area contributed by atoms with Crippen molar-refractivity contribution in [1.29, 1.82) is 0 Å². The molecule has 2 aromatic rings. The van der Waals surface area contributed by atoms with Crippen LogP contribution in [0, 0.1) is 12.8 Å². The molecule has 1 fully saturated rings. The van der Waals surface area contributed by atoms with Crippen LogP contribution in [0.5, 0.6) is 0 Å². The van der Waals surface area contributed by atoms with Crippen molar-refractivity contribution in [3.63, 3.8) is 0 Å². The first-order valence-electron chi connectivity index (χ1n) is 10.6. The first-order valence-corrected chi connectivity index (χ1v) is 10.6. The van der Waals surface area contributed by atoms with Gasteiger partial charge in [0.2, 0.25) is 0 Å². The zero-order valence-electron chi connectivity index (χ0n) is 19.6. The second-order valence-corrected chi connectivity index (χ2v) is 8.11. The number of aliphatic carboxylic acids is 2. The van der Waals surface area contributed by atoms with E-state index in [1.54, 1.807) is 6.26 Å². The predicted molar refractivity (Wildman–Crippen MR) is 114 cm³/mol. The van der Waals surface area contributed by atoms with Gasteiger partial charge in [-0.2, -0.15) is 26.3 Å². The summed E-state index contributed by atoms with van der Waals surface area (Å²) in [7, 11) is 2.19. The van der Waals surface area contributed by atoms with Crippen molar-refractivity contribution in [2.24, 2.45) is 5.92 Å². The highest BCUT2D eigenvalue weighted by molar-refractivity contribution is 5.73. The molecule has 3 rings (SSSR count). The largest absolute Gasteiger partial charge is 0.490 e. The lowest BCUT2D eigenvalue weighted by Gasteiger charge is -2.33. The number of nitrogens with zero attached hydrogens (tertiary/aromatic N) is 3. The number of nitrogens with one attached hydrogen (secondary N) is 1. The normalized spacial score (nSPS) is 15.0. The molecule has 0 amide bonds. The van der Waals surface area contributed by atoms with Gasteiger partial charge in [-0.15, -0.1) is 0 Å². The Labute approximate surface area is 202 Å². The number of carbonyl (C=O) groups is 2. The second kappa shape index (κ2) is 13.9. The predicted octanol–water partition coefficient (Wildman–Crippen LogP) is 3.92. The molecule has 1 aliphatic heterocycles. The van der Waals surface area contributed by atoms with E-state index in [1.807, 2.05) is 19.2 Å². The van der Waals surface area contributed by atoms with E-state index < -0.39 is 24.3 Å². The molecule has 0 radical (unpaired) electrons. The van der Waals surface area contributed by atoms with Gasteiger partial charge in [-0.3, -0.25) is 9.80 Å². The summed E-state index contributed by atoms with van der Waals surface area (Å²) in [5, 5.41) is 14.2. The molecular weight excluding hydrogens is 502 g/mol. The van der Waals surface area contributed by atoms with Gasteiger partial charge in [0.1, 0.15) is 11.6 Å². The highest BCUT2D eigenvalue weighted by Crippen LogP contribution is 2.20. The van der Waals surface area contributed by atoms with Crippen molar-refractivity contribution < 1.29 is 50.6 Å². The van der Waals surface area contributed by atoms with Gasteiger partial charge in [-0.25, -0.2) is 14.6 Å². The number of hydrogen-bond donors (Lipinski definition) is 3. The zero-order chi connectivity index (χ0) is 27.5. The van der Waals surface area contributed by atoms with Crippen LogP contribution in [0.2, 0.25) is 0 Å². The molecule has 204 valence electrons. The molecule has 1 aliphatic rings. The van der Waals surface area contributed by atoms with Crippen molar-refractivity contribution in [1.82, 2.24) is 19.8 Å². The van der Waals surface area contributed by atoms with Crippen molar-refractivity contribution in [2.45, 2.75) is 45.2 Å². The van der Waals surface area contributed by atoms with Gasteiger partial charge in [0.15, 0.2) is 0 Å². The Hall–Kier alpha value is -3.07. The minimum atomic E-state index is -5.08. The topological polar surface area (TPSA) is 123 Å². The van der Waals surface area contributed by atoms with E-state index in [2.05, 4.69) is 32.9 Å². The minimum absolute atomic E-state index is 0.786. The smallest absolute Gasteiger partial charge is 0.475 e. The summed E-state index contributed by atoms with van der Waals surface area (Å²) in [5.41, 5.74) is 1.13. The Morgan fingerprint density at radius 3 is 2.06 bits per heavy atom. The van der Waals surface area contributed by atoms with Gasteiger partial charge in [-0.1, -0.05) is 0 Å². The van der Waals surface area contributed by atoms with E-state index in [4.69, 9.17) is 24.2 Å². The molecule has 3 heterocycles. The number of halogens is 6. The van der Waals surface area contributed by atoms with Crippen LogP contribution < -0.4 is 0 Å². The number of aromatic amines is 1. The summed E-state index contributed by atoms with van der Waals surface area (Å²) < 4.78 is 68.9. The molecule has 15 heteroatoms. The molecular formula is C21H28F6N4O5. The first-order chi connectivity index (χ1) is 16.6. The van der Waals surface area contributed by atoms with Crippen molar-refractivity contribution in [3.8, 4) is 0 Å². The number of aryl methyl sites for hydroxylation is 1. The average molecular weight is 530 g/mol. The van der Waals surface area contributed by atoms with Crippen LogP contribution >= 0.6 is 0 Å². The molecule has 9 nitrogen and oxygen atoms in total. The fourth-order valence-electron chi connectivity index (χ4n) is 3.26. The number of piperidine rings is 1. The fraction of sp³-hybridized carbons (Fsp3) is 0.571. The number of carboxylic acids is 2. The molecule has 0 aromatic carbocycles. The van der Waals surface area contributed by atoms with Gasteiger partial charge in [-0.05, 0) is 58.0 Å². The molecule has 0 atom stereocenters. The molecule has 2 aromatic heterocycles. The molecule has 0 saturated carbocycles. The van der Waals surface area contributed by atoms with Gasteiger partial charge in [0.25, 0.3) is 0 Å². The molecule has 0 unspecified atom stereocenters. The average Bonchev–Trinajstić information content (AvgIpc) is 3.40. The van der Waals surface area contributed by atoms with Crippen LogP contribution in [0.25, 0.3) is 0 Å². The lowest BCUT2D eigenvalue weighted by Crippen LogP contribution is -2.37. The fourth-order valence-corrected chi connectivity index (χ4v) is 3.26. The van der Waals surface area contributed by atoms with Crippen LogP contribution in [0.15, 0.2) is 29.0 Å². The van der Waals surface area contributed by atoms with E-state index in [1.165, 1.54) is 25.9 Å². The number of carboxylic acid groups (broad SMARTS) is 2. The highest BCUT2D eigenvalue weighted by Gasteiger charge is 2.38.